The minimum Gasteiger partial charge on any atom is -0.387 e. The van der Waals surface area contributed by atoms with Gasteiger partial charge in [-0.2, -0.15) is 11.8 Å². The molecule has 0 radical (unpaired) electrons. The molecule has 0 bridgehead atoms. The van der Waals surface area contributed by atoms with Crippen molar-refractivity contribution in [2.45, 2.75) is 57.2 Å². The molecule has 118 valence electrons. The summed E-state index contributed by atoms with van der Waals surface area (Å²) in [7, 11) is 0. The van der Waals surface area contributed by atoms with Crippen LogP contribution in [0.2, 0.25) is 0 Å². The van der Waals surface area contributed by atoms with Gasteiger partial charge in [-0.3, -0.25) is 0 Å². The zero-order chi connectivity index (χ0) is 15.1. The molecule has 2 aliphatic rings. The molecular weight excluding hydrogens is 300 g/mol. The van der Waals surface area contributed by atoms with Crippen LogP contribution in [0.1, 0.15) is 55.9 Å². The van der Waals surface area contributed by atoms with Crippen molar-refractivity contribution >= 4 is 23.1 Å². The van der Waals surface area contributed by atoms with Crippen LogP contribution < -0.4 is 0 Å². The number of hydrogen-bond donors (Lipinski definition) is 1. The summed E-state index contributed by atoms with van der Waals surface area (Å²) in [5.74, 6) is 2.66. The van der Waals surface area contributed by atoms with Gasteiger partial charge in [0.1, 0.15) is 0 Å². The van der Waals surface area contributed by atoms with Crippen LogP contribution >= 0.6 is 23.1 Å². The minimum atomic E-state index is -0.322. The summed E-state index contributed by atoms with van der Waals surface area (Å²) in [6, 6.07) is 4.31. The highest BCUT2D eigenvalue weighted by Crippen LogP contribution is 2.45. The fourth-order valence-electron chi connectivity index (χ4n) is 3.35. The van der Waals surface area contributed by atoms with Crippen molar-refractivity contribution in [2.24, 2.45) is 5.92 Å². The van der Waals surface area contributed by atoms with E-state index < -0.39 is 0 Å². The van der Waals surface area contributed by atoms with Crippen LogP contribution in [0, 0.1) is 5.92 Å². The molecule has 1 aromatic rings. The molecule has 2 aliphatic heterocycles. The summed E-state index contributed by atoms with van der Waals surface area (Å²) < 4.78 is 6.07. The molecule has 21 heavy (non-hydrogen) atoms. The van der Waals surface area contributed by atoms with Crippen molar-refractivity contribution < 1.29 is 9.84 Å². The van der Waals surface area contributed by atoms with E-state index in [1.165, 1.54) is 10.6 Å². The van der Waals surface area contributed by atoms with E-state index in [-0.39, 0.29) is 17.1 Å². The first-order valence-electron chi connectivity index (χ1n) is 7.90. The molecule has 2 fully saturated rings. The van der Waals surface area contributed by atoms with E-state index in [2.05, 4.69) is 32.9 Å². The first kappa shape index (κ1) is 15.9. The molecule has 0 amide bonds. The number of hydrogen-bond acceptors (Lipinski definition) is 4. The first-order valence-corrected chi connectivity index (χ1v) is 9.87. The molecule has 1 spiro atoms. The molecular formula is C17H26O2S2. The predicted octanol–water partition coefficient (Wildman–Crippen LogP) is 4.38. The van der Waals surface area contributed by atoms with Crippen molar-refractivity contribution in [1.29, 1.82) is 0 Å². The van der Waals surface area contributed by atoms with Crippen molar-refractivity contribution in [2.75, 3.05) is 18.1 Å². The normalized spacial score (nSPS) is 31.7. The summed E-state index contributed by atoms with van der Waals surface area (Å²) in [5.41, 5.74) is 0.223. The second-order valence-electron chi connectivity index (χ2n) is 7.48. The van der Waals surface area contributed by atoms with Gasteiger partial charge < -0.3 is 9.84 Å². The third-order valence-corrected chi connectivity index (χ3v) is 7.51. The van der Waals surface area contributed by atoms with Crippen LogP contribution in [0.3, 0.4) is 0 Å². The Balaban J connectivity index is 1.72. The van der Waals surface area contributed by atoms with E-state index in [0.717, 1.165) is 36.5 Å². The van der Waals surface area contributed by atoms with Crippen LogP contribution in [0.5, 0.6) is 0 Å². The second kappa shape index (κ2) is 5.88. The smallest absolute Gasteiger partial charge is 0.0912 e. The maximum atomic E-state index is 10.8. The highest BCUT2D eigenvalue weighted by Gasteiger charge is 2.42. The fourth-order valence-corrected chi connectivity index (χ4v) is 5.87. The maximum absolute atomic E-state index is 10.8. The Morgan fingerprint density at radius 2 is 2.19 bits per heavy atom. The predicted molar refractivity (Wildman–Crippen MR) is 91.3 cm³/mol. The van der Waals surface area contributed by atoms with Gasteiger partial charge in [-0.05, 0) is 48.5 Å². The lowest BCUT2D eigenvalue weighted by molar-refractivity contribution is -0.101. The number of rotatable bonds is 2. The van der Waals surface area contributed by atoms with Gasteiger partial charge in [-0.1, -0.05) is 20.8 Å². The quantitative estimate of drug-likeness (QED) is 0.874. The zero-order valence-corrected chi connectivity index (χ0v) is 14.9. The van der Waals surface area contributed by atoms with Gasteiger partial charge in [-0.25, -0.2) is 0 Å². The Kier molecular flexibility index (Phi) is 4.44. The fraction of sp³-hybridized carbons (Fsp3) is 0.765. The summed E-state index contributed by atoms with van der Waals surface area (Å²) in [5, 5.41) is 10.8. The van der Waals surface area contributed by atoms with E-state index in [4.69, 9.17) is 4.74 Å². The summed E-state index contributed by atoms with van der Waals surface area (Å²) in [4.78, 5) is 2.49. The van der Waals surface area contributed by atoms with Crippen LogP contribution in [-0.4, -0.2) is 28.8 Å². The lowest BCUT2D eigenvalue weighted by atomic mass is 9.82. The Labute approximate surface area is 136 Å². The number of thioether (sulfide) groups is 1. The van der Waals surface area contributed by atoms with Crippen molar-refractivity contribution in [3.63, 3.8) is 0 Å². The van der Waals surface area contributed by atoms with Gasteiger partial charge in [0, 0.05) is 22.1 Å². The molecule has 3 atom stereocenters. The van der Waals surface area contributed by atoms with Gasteiger partial charge in [0.15, 0.2) is 0 Å². The SMILES string of the molecule is CC(C)(C)c1ccc(C(O)C2CCOC3(CCSC3)C2)s1. The van der Waals surface area contributed by atoms with E-state index in [1.54, 1.807) is 11.3 Å². The summed E-state index contributed by atoms with van der Waals surface area (Å²) in [6.07, 6.45) is 2.83. The topological polar surface area (TPSA) is 29.5 Å². The second-order valence-corrected chi connectivity index (χ2v) is 9.70. The van der Waals surface area contributed by atoms with E-state index in [0.29, 0.717) is 5.92 Å². The highest BCUT2D eigenvalue weighted by molar-refractivity contribution is 7.99. The zero-order valence-electron chi connectivity index (χ0n) is 13.2. The molecule has 3 rings (SSSR count). The molecule has 0 aliphatic carbocycles. The molecule has 2 saturated heterocycles. The maximum Gasteiger partial charge on any atom is 0.0912 e. The van der Waals surface area contributed by atoms with Crippen molar-refractivity contribution in [3.8, 4) is 0 Å². The Hall–Kier alpha value is -0.0300. The number of aliphatic hydroxyl groups excluding tert-OH is 1. The van der Waals surface area contributed by atoms with Crippen LogP contribution in [0.25, 0.3) is 0 Å². The Morgan fingerprint density at radius 1 is 1.38 bits per heavy atom. The van der Waals surface area contributed by atoms with E-state index in [1.807, 2.05) is 11.8 Å². The monoisotopic (exact) mass is 326 g/mol. The van der Waals surface area contributed by atoms with Crippen LogP contribution in [0.4, 0.5) is 0 Å². The molecule has 1 N–H and O–H groups in total. The van der Waals surface area contributed by atoms with Crippen LogP contribution in [-0.2, 0) is 10.2 Å². The molecule has 2 nitrogen and oxygen atoms in total. The van der Waals surface area contributed by atoms with Crippen LogP contribution in [0.15, 0.2) is 12.1 Å². The highest BCUT2D eigenvalue weighted by atomic mass is 32.2. The van der Waals surface area contributed by atoms with Gasteiger partial charge >= 0.3 is 0 Å². The number of aliphatic hydroxyl groups is 1. The average Bonchev–Trinajstić information content (AvgIpc) is 3.07. The van der Waals surface area contributed by atoms with E-state index >= 15 is 0 Å². The molecule has 4 heteroatoms. The first-order chi connectivity index (χ1) is 9.90. The molecule has 0 saturated carbocycles. The number of thiophene rings is 1. The Bertz CT molecular complexity index is 483. The van der Waals surface area contributed by atoms with Gasteiger partial charge in [0.2, 0.25) is 0 Å². The molecule has 3 heterocycles. The third-order valence-electron chi connectivity index (χ3n) is 4.70. The molecule has 3 unspecified atom stereocenters. The number of ether oxygens (including phenoxy) is 1. The van der Waals surface area contributed by atoms with Gasteiger partial charge in [-0.15, -0.1) is 11.3 Å². The Morgan fingerprint density at radius 3 is 2.81 bits per heavy atom. The molecule has 1 aromatic heterocycles. The minimum absolute atomic E-state index is 0.0542. The standard InChI is InChI=1S/C17H26O2S2/c1-16(2,3)14-5-4-13(21-14)15(18)12-6-8-19-17(10-12)7-9-20-11-17/h4-5,12,15,18H,6-11H2,1-3H3. The lowest BCUT2D eigenvalue weighted by Crippen LogP contribution is -2.41. The lowest BCUT2D eigenvalue weighted by Gasteiger charge is -2.39. The van der Waals surface area contributed by atoms with Crippen molar-refractivity contribution in [3.05, 3.63) is 21.9 Å². The largest absolute Gasteiger partial charge is 0.387 e. The summed E-state index contributed by atoms with van der Waals surface area (Å²) >= 11 is 3.77. The average molecular weight is 327 g/mol. The van der Waals surface area contributed by atoms with Gasteiger partial charge in [0.25, 0.3) is 0 Å². The van der Waals surface area contributed by atoms with Gasteiger partial charge in [0.05, 0.1) is 11.7 Å². The third kappa shape index (κ3) is 3.34. The van der Waals surface area contributed by atoms with E-state index in [9.17, 15) is 5.11 Å². The summed E-state index contributed by atoms with van der Waals surface area (Å²) in [6.45, 7) is 7.50. The van der Waals surface area contributed by atoms with Crippen molar-refractivity contribution in [1.82, 2.24) is 0 Å². The molecule has 0 aromatic carbocycles.